The summed E-state index contributed by atoms with van der Waals surface area (Å²) < 4.78 is 29.5. The summed E-state index contributed by atoms with van der Waals surface area (Å²) in [6.45, 7) is 8.14. The van der Waals surface area contributed by atoms with Crippen LogP contribution >= 0.6 is 0 Å². The zero-order valence-corrected chi connectivity index (χ0v) is 20.3. The highest BCUT2D eigenvalue weighted by Crippen LogP contribution is 2.32. The second-order valence-electron chi connectivity index (χ2n) is 8.53. The van der Waals surface area contributed by atoms with E-state index in [0.717, 1.165) is 11.4 Å². The number of nitrogens with one attached hydrogen (secondary N) is 1. The van der Waals surface area contributed by atoms with Crippen LogP contribution in [0.25, 0.3) is 0 Å². The number of carbonyl (C=O) groups is 1. The van der Waals surface area contributed by atoms with Gasteiger partial charge in [0.15, 0.2) is 0 Å². The van der Waals surface area contributed by atoms with Crippen molar-refractivity contribution in [3.63, 3.8) is 0 Å². The molecule has 2 heterocycles. The standard InChI is InChI=1S/C25H28N4O4S/c1-17-14-18(2)24(19(3)15-17)34(32,33)27-21-16-20(25(30)31)7-8-22(21)28-10-12-29(13-11-28)23-6-4-5-9-26-23/h4-9,14-16,27H,10-13H2,1-3H3,(H,30,31). The normalized spacial score (nSPS) is 14.2. The van der Waals surface area contributed by atoms with E-state index in [0.29, 0.717) is 43.0 Å². The maximum absolute atomic E-state index is 13.4. The first-order valence-corrected chi connectivity index (χ1v) is 12.5. The number of pyridine rings is 1. The average molecular weight is 481 g/mol. The van der Waals surface area contributed by atoms with Gasteiger partial charge in [0.1, 0.15) is 5.82 Å². The molecule has 1 saturated heterocycles. The number of carboxylic acids is 1. The third-order valence-electron chi connectivity index (χ3n) is 5.95. The van der Waals surface area contributed by atoms with Gasteiger partial charge in [-0.15, -0.1) is 0 Å². The lowest BCUT2D eigenvalue weighted by Gasteiger charge is -2.37. The van der Waals surface area contributed by atoms with Gasteiger partial charge in [0.2, 0.25) is 0 Å². The van der Waals surface area contributed by atoms with Crippen molar-refractivity contribution in [2.24, 2.45) is 0 Å². The van der Waals surface area contributed by atoms with E-state index >= 15 is 0 Å². The fourth-order valence-corrected chi connectivity index (χ4v) is 6.05. The Bertz CT molecular complexity index is 1290. The number of nitrogens with zero attached hydrogens (tertiary/aromatic N) is 3. The highest BCUT2D eigenvalue weighted by atomic mass is 32.2. The van der Waals surface area contributed by atoms with Crippen molar-refractivity contribution >= 4 is 33.2 Å². The summed E-state index contributed by atoms with van der Waals surface area (Å²) in [6, 6.07) is 14.0. The van der Waals surface area contributed by atoms with E-state index in [-0.39, 0.29) is 16.1 Å². The molecule has 0 atom stereocenters. The second kappa shape index (κ2) is 9.34. The first-order chi connectivity index (χ1) is 16.2. The van der Waals surface area contributed by atoms with Gasteiger partial charge in [-0.2, -0.15) is 0 Å². The lowest BCUT2D eigenvalue weighted by atomic mass is 10.1. The predicted molar refractivity (Wildman–Crippen MR) is 134 cm³/mol. The molecule has 0 aliphatic carbocycles. The maximum Gasteiger partial charge on any atom is 0.335 e. The summed E-state index contributed by atoms with van der Waals surface area (Å²) in [4.78, 5) is 20.5. The molecule has 0 bridgehead atoms. The molecule has 0 saturated carbocycles. The summed E-state index contributed by atoms with van der Waals surface area (Å²) in [5, 5.41) is 9.50. The molecule has 1 aliphatic heterocycles. The number of aromatic nitrogens is 1. The predicted octanol–water partition coefficient (Wildman–Crippen LogP) is 3.83. The smallest absolute Gasteiger partial charge is 0.335 e. The largest absolute Gasteiger partial charge is 0.478 e. The number of benzene rings is 2. The van der Waals surface area contributed by atoms with Crippen molar-refractivity contribution in [3.05, 3.63) is 77.0 Å². The van der Waals surface area contributed by atoms with Gasteiger partial charge < -0.3 is 14.9 Å². The van der Waals surface area contributed by atoms with Crippen molar-refractivity contribution < 1.29 is 18.3 Å². The number of rotatable bonds is 6. The van der Waals surface area contributed by atoms with Crippen molar-refractivity contribution in [2.45, 2.75) is 25.7 Å². The van der Waals surface area contributed by atoms with Gasteiger partial charge in [-0.3, -0.25) is 4.72 Å². The lowest BCUT2D eigenvalue weighted by molar-refractivity contribution is 0.0697. The van der Waals surface area contributed by atoms with Crippen LogP contribution in [-0.4, -0.2) is 50.7 Å². The molecule has 0 radical (unpaired) electrons. The van der Waals surface area contributed by atoms with Gasteiger partial charge in [0, 0.05) is 32.4 Å². The SMILES string of the molecule is Cc1cc(C)c(S(=O)(=O)Nc2cc(C(=O)O)ccc2N2CCN(c3ccccn3)CC2)c(C)c1. The minimum Gasteiger partial charge on any atom is -0.478 e. The second-order valence-corrected chi connectivity index (χ2v) is 10.2. The zero-order valence-electron chi connectivity index (χ0n) is 19.4. The minimum absolute atomic E-state index is 0.0194. The van der Waals surface area contributed by atoms with Gasteiger partial charge in [-0.05, 0) is 62.2 Å². The zero-order chi connectivity index (χ0) is 24.5. The Labute approximate surface area is 199 Å². The Morgan fingerprint density at radius 3 is 2.18 bits per heavy atom. The van der Waals surface area contributed by atoms with E-state index in [1.807, 2.05) is 37.3 Å². The molecule has 1 fully saturated rings. The number of piperazine rings is 1. The van der Waals surface area contributed by atoms with Gasteiger partial charge in [0.05, 0.1) is 21.8 Å². The summed E-state index contributed by atoms with van der Waals surface area (Å²) >= 11 is 0. The van der Waals surface area contributed by atoms with E-state index in [9.17, 15) is 18.3 Å². The Hall–Kier alpha value is -3.59. The highest BCUT2D eigenvalue weighted by molar-refractivity contribution is 7.92. The Morgan fingerprint density at radius 1 is 0.941 bits per heavy atom. The third kappa shape index (κ3) is 4.84. The molecule has 178 valence electrons. The van der Waals surface area contributed by atoms with E-state index in [4.69, 9.17) is 0 Å². The molecule has 0 unspecified atom stereocenters. The molecule has 3 aromatic rings. The van der Waals surface area contributed by atoms with Gasteiger partial charge in [0.25, 0.3) is 10.0 Å². The Kier molecular flexibility index (Phi) is 6.47. The van der Waals surface area contributed by atoms with E-state index in [1.165, 1.54) is 12.1 Å². The van der Waals surface area contributed by atoms with Crippen LogP contribution in [0.1, 0.15) is 27.0 Å². The fraction of sp³-hybridized carbons (Fsp3) is 0.280. The molecule has 1 aromatic heterocycles. The maximum atomic E-state index is 13.4. The Morgan fingerprint density at radius 2 is 1.59 bits per heavy atom. The van der Waals surface area contributed by atoms with E-state index in [1.54, 1.807) is 26.1 Å². The van der Waals surface area contributed by atoms with Crippen LogP contribution in [-0.2, 0) is 10.0 Å². The molecule has 34 heavy (non-hydrogen) atoms. The average Bonchev–Trinajstić information content (AvgIpc) is 2.78. The topological polar surface area (TPSA) is 103 Å². The van der Waals surface area contributed by atoms with Crippen molar-refractivity contribution in [1.82, 2.24) is 4.98 Å². The molecule has 0 spiro atoms. The monoisotopic (exact) mass is 480 g/mol. The van der Waals surface area contributed by atoms with Crippen LogP contribution in [0.2, 0.25) is 0 Å². The van der Waals surface area contributed by atoms with Crippen LogP contribution in [0.3, 0.4) is 0 Å². The van der Waals surface area contributed by atoms with Crippen LogP contribution < -0.4 is 14.5 Å². The number of hydrogen-bond donors (Lipinski definition) is 2. The van der Waals surface area contributed by atoms with Crippen molar-refractivity contribution in [2.75, 3.05) is 40.7 Å². The molecule has 2 N–H and O–H groups in total. The van der Waals surface area contributed by atoms with Crippen LogP contribution in [0.4, 0.5) is 17.2 Å². The molecule has 8 nitrogen and oxygen atoms in total. The summed E-state index contributed by atoms with van der Waals surface area (Å²) in [5.74, 6) is -0.218. The molecular weight excluding hydrogens is 452 g/mol. The number of sulfonamides is 1. The summed E-state index contributed by atoms with van der Waals surface area (Å²) in [5.41, 5.74) is 3.19. The lowest BCUT2D eigenvalue weighted by Crippen LogP contribution is -2.47. The number of aryl methyl sites for hydroxylation is 3. The molecule has 2 aromatic carbocycles. The van der Waals surface area contributed by atoms with Crippen LogP contribution in [0, 0.1) is 20.8 Å². The quantitative estimate of drug-likeness (QED) is 0.553. The van der Waals surface area contributed by atoms with Crippen LogP contribution in [0.5, 0.6) is 0 Å². The minimum atomic E-state index is -3.94. The van der Waals surface area contributed by atoms with Crippen molar-refractivity contribution in [1.29, 1.82) is 0 Å². The molecular formula is C25H28N4O4S. The van der Waals surface area contributed by atoms with E-state index in [2.05, 4.69) is 19.5 Å². The number of aromatic carboxylic acids is 1. The first kappa shape index (κ1) is 23.6. The summed E-state index contributed by atoms with van der Waals surface area (Å²) in [6.07, 6.45) is 1.76. The van der Waals surface area contributed by atoms with E-state index < -0.39 is 16.0 Å². The van der Waals surface area contributed by atoms with Gasteiger partial charge in [-0.25, -0.2) is 18.2 Å². The first-order valence-electron chi connectivity index (χ1n) is 11.0. The molecule has 1 aliphatic rings. The third-order valence-corrected chi connectivity index (χ3v) is 7.62. The summed E-state index contributed by atoms with van der Waals surface area (Å²) in [7, 11) is -3.94. The fourth-order valence-electron chi connectivity index (χ4n) is 4.53. The van der Waals surface area contributed by atoms with Crippen molar-refractivity contribution in [3.8, 4) is 0 Å². The van der Waals surface area contributed by atoms with Gasteiger partial charge in [-0.1, -0.05) is 23.8 Å². The number of carboxylic acid groups (broad SMARTS) is 1. The van der Waals surface area contributed by atoms with Crippen LogP contribution in [0.15, 0.2) is 59.6 Å². The highest BCUT2D eigenvalue weighted by Gasteiger charge is 2.25. The Balaban J connectivity index is 1.65. The molecule has 4 rings (SSSR count). The van der Waals surface area contributed by atoms with Gasteiger partial charge >= 0.3 is 5.97 Å². The number of hydrogen-bond acceptors (Lipinski definition) is 6. The molecule has 9 heteroatoms. The number of anilines is 3. The molecule has 0 amide bonds.